The van der Waals surface area contributed by atoms with Crippen LogP contribution in [0.5, 0.6) is 11.5 Å². The maximum absolute atomic E-state index is 11.0. The Labute approximate surface area is 176 Å². The minimum absolute atomic E-state index is 0.405. The Kier molecular flexibility index (Phi) is 5.83. The molecule has 0 bridgehead atoms. The van der Waals surface area contributed by atoms with Crippen molar-refractivity contribution in [1.82, 2.24) is 4.90 Å². The molecule has 0 spiro atoms. The second-order valence-corrected chi connectivity index (χ2v) is 8.74. The Balaban J connectivity index is 1.64. The zero-order chi connectivity index (χ0) is 20.4. The molecule has 1 saturated heterocycles. The maximum atomic E-state index is 11.0. The van der Waals surface area contributed by atoms with Gasteiger partial charge < -0.3 is 19.5 Å². The number of aliphatic hydroxyl groups excluding tert-OH is 1. The van der Waals surface area contributed by atoms with E-state index in [1.54, 1.807) is 0 Å². The molecule has 1 atom stereocenters. The van der Waals surface area contributed by atoms with Crippen LogP contribution in [-0.2, 0) is 0 Å². The van der Waals surface area contributed by atoms with E-state index < -0.39 is 6.23 Å². The van der Waals surface area contributed by atoms with Gasteiger partial charge in [0.05, 0.1) is 5.69 Å². The first kappa shape index (κ1) is 19.9. The number of fused-ring (bicyclic) bond motifs is 1. The Hall–Kier alpha value is -2.44. The van der Waals surface area contributed by atoms with Gasteiger partial charge in [-0.2, -0.15) is 0 Å². The summed E-state index contributed by atoms with van der Waals surface area (Å²) in [5, 5.41) is 11.8. The lowest BCUT2D eigenvalue weighted by atomic mass is 10.1. The molecule has 0 aromatic heterocycles. The van der Waals surface area contributed by atoms with Crippen molar-refractivity contribution in [2.75, 3.05) is 19.8 Å². The van der Waals surface area contributed by atoms with Gasteiger partial charge in [-0.15, -0.1) is 0 Å². The Morgan fingerprint density at radius 2 is 1.86 bits per heavy atom. The SMILES string of the molecule is Cc1ccc(/N=C2\S/C(=C\c3ccc4c(c3)OCCO4)C(O)N2CC(C)C)cc1. The van der Waals surface area contributed by atoms with E-state index in [0.29, 0.717) is 19.1 Å². The average molecular weight is 411 g/mol. The highest BCUT2D eigenvalue weighted by Crippen LogP contribution is 2.39. The van der Waals surface area contributed by atoms with Gasteiger partial charge in [-0.05, 0) is 48.7 Å². The summed E-state index contributed by atoms with van der Waals surface area (Å²) in [7, 11) is 0. The van der Waals surface area contributed by atoms with E-state index in [1.165, 1.54) is 17.3 Å². The monoisotopic (exact) mass is 410 g/mol. The lowest BCUT2D eigenvalue weighted by molar-refractivity contribution is 0.0927. The standard InChI is InChI=1S/C23H26N2O3S/c1-15(2)14-25-22(26)21(29-23(25)24-18-7-4-16(3)5-8-18)13-17-6-9-19-20(12-17)28-11-10-27-19/h4-9,12-13,15,22,26H,10-11,14H2,1-3H3/b21-13-,24-23-. The predicted octanol–water partition coefficient (Wildman–Crippen LogP) is 4.82. The van der Waals surface area contributed by atoms with Crippen LogP contribution in [-0.4, -0.2) is 41.2 Å². The number of aliphatic imine (C=N–C) groups is 1. The summed E-state index contributed by atoms with van der Waals surface area (Å²) in [6.07, 6.45) is 1.29. The fourth-order valence-electron chi connectivity index (χ4n) is 3.28. The topological polar surface area (TPSA) is 54.3 Å². The number of benzene rings is 2. The van der Waals surface area contributed by atoms with Gasteiger partial charge in [0.2, 0.25) is 0 Å². The molecule has 6 heteroatoms. The van der Waals surface area contributed by atoms with Crippen LogP contribution < -0.4 is 9.47 Å². The van der Waals surface area contributed by atoms with Crippen molar-refractivity contribution < 1.29 is 14.6 Å². The van der Waals surface area contributed by atoms with Crippen molar-refractivity contribution in [1.29, 1.82) is 0 Å². The first-order chi connectivity index (χ1) is 14.0. The lowest BCUT2D eigenvalue weighted by Crippen LogP contribution is -2.36. The number of amidine groups is 1. The van der Waals surface area contributed by atoms with Gasteiger partial charge in [-0.3, -0.25) is 0 Å². The molecule has 2 aliphatic heterocycles. The highest BCUT2D eigenvalue weighted by atomic mass is 32.2. The third-order valence-corrected chi connectivity index (χ3v) is 5.77. The van der Waals surface area contributed by atoms with Crippen LogP contribution >= 0.6 is 11.8 Å². The quantitative estimate of drug-likeness (QED) is 0.783. The second-order valence-electron chi connectivity index (χ2n) is 7.70. The van der Waals surface area contributed by atoms with E-state index in [4.69, 9.17) is 14.5 Å². The third kappa shape index (κ3) is 4.60. The molecule has 2 aromatic carbocycles. The van der Waals surface area contributed by atoms with Crippen molar-refractivity contribution in [2.45, 2.75) is 27.0 Å². The summed E-state index contributed by atoms with van der Waals surface area (Å²) in [5.74, 6) is 1.92. The molecule has 0 aliphatic carbocycles. The normalized spacial score (nSPS) is 21.4. The summed E-state index contributed by atoms with van der Waals surface area (Å²) >= 11 is 1.52. The minimum atomic E-state index is -0.709. The number of rotatable bonds is 4. The summed E-state index contributed by atoms with van der Waals surface area (Å²) in [5.41, 5.74) is 3.06. The number of thioether (sulfide) groups is 1. The molecular weight excluding hydrogens is 384 g/mol. The van der Waals surface area contributed by atoms with Crippen LogP contribution in [0.1, 0.15) is 25.0 Å². The van der Waals surface area contributed by atoms with Gasteiger partial charge >= 0.3 is 0 Å². The number of aliphatic hydroxyl groups is 1. The smallest absolute Gasteiger partial charge is 0.171 e. The van der Waals surface area contributed by atoms with E-state index in [-0.39, 0.29) is 0 Å². The highest BCUT2D eigenvalue weighted by Gasteiger charge is 2.33. The van der Waals surface area contributed by atoms with Crippen LogP contribution in [0.15, 0.2) is 52.4 Å². The first-order valence-electron chi connectivity index (χ1n) is 9.89. The van der Waals surface area contributed by atoms with E-state index in [0.717, 1.165) is 39.4 Å². The second kappa shape index (κ2) is 8.51. The van der Waals surface area contributed by atoms with Crippen LogP contribution in [0, 0.1) is 12.8 Å². The molecule has 5 nitrogen and oxygen atoms in total. The molecular formula is C23H26N2O3S. The highest BCUT2D eigenvalue weighted by molar-refractivity contribution is 8.17. The van der Waals surface area contributed by atoms with E-state index in [2.05, 4.69) is 20.8 Å². The number of aryl methyl sites for hydroxylation is 1. The van der Waals surface area contributed by atoms with Crippen LogP contribution in [0.4, 0.5) is 5.69 Å². The van der Waals surface area contributed by atoms with E-state index in [9.17, 15) is 5.11 Å². The molecule has 1 N–H and O–H groups in total. The van der Waals surface area contributed by atoms with E-state index >= 15 is 0 Å². The van der Waals surface area contributed by atoms with Gasteiger partial charge in [0.1, 0.15) is 13.2 Å². The molecule has 0 radical (unpaired) electrons. The molecule has 2 aliphatic rings. The maximum Gasteiger partial charge on any atom is 0.171 e. The van der Waals surface area contributed by atoms with Crippen molar-refractivity contribution in [3.05, 3.63) is 58.5 Å². The molecule has 152 valence electrons. The lowest BCUT2D eigenvalue weighted by Gasteiger charge is -2.24. The predicted molar refractivity (Wildman–Crippen MR) is 119 cm³/mol. The zero-order valence-electron chi connectivity index (χ0n) is 17.0. The largest absolute Gasteiger partial charge is 0.486 e. The summed E-state index contributed by atoms with van der Waals surface area (Å²) in [6, 6.07) is 14.0. The molecule has 29 heavy (non-hydrogen) atoms. The number of hydrogen-bond acceptors (Lipinski definition) is 5. The van der Waals surface area contributed by atoms with Crippen molar-refractivity contribution in [3.8, 4) is 11.5 Å². The minimum Gasteiger partial charge on any atom is -0.486 e. The van der Waals surface area contributed by atoms with Crippen molar-refractivity contribution in [3.63, 3.8) is 0 Å². The van der Waals surface area contributed by atoms with Crippen LogP contribution in [0.25, 0.3) is 6.08 Å². The summed E-state index contributed by atoms with van der Waals surface area (Å²) in [6.45, 7) is 8.21. The third-order valence-electron chi connectivity index (χ3n) is 4.70. The van der Waals surface area contributed by atoms with Crippen molar-refractivity contribution in [2.24, 2.45) is 10.9 Å². The Morgan fingerprint density at radius 3 is 2.59 bits per heavy atom. The van der Waals surface area contributed by atoms with E-state index in [1.807, 2.05) is 53.4 Å². The summed E-state index contributed by atoms with van der Waals surface area (Å²) < 4.78 is 11.3. The molecule has 0 amide bonds. The molecule has 2 heterocycles. The van der Waals surface area contributed by atoms with Gasteiger partial charge in [0.15, 0.2) is 22.9 Å². The Bertz CT molecular complexity index is 938. The zero-order valence-corrected chi connectivity index (χ0v) is 17.8. The fraction of sp³-hybridized carbons (Fsp3) is 0.348. The van der Waals surface area contributed by atoms with Gasteiger partial charge in [0.25, 0.3) is 0 Å². The number of ether oxygens (including phenoxy) is 2. The molecule has 2 aromatic rings. The van der Waals surface area contributed by atoms with Gasteiger partial charge in [-0.25, -0.2) is 4.99 Å². The Morgan fingerprint density at radius 1 is 1.14 bits per heavy atom. The number of hydrogen-bond donors (Lipinski definition) is 1. The van der Waals surface area contributed by atoms with Gasteiger partial charge in [-0.1, -0.05) is 49.4 Å². The first-order valence-corrected chi connectivity index (χ1v) is 10.7. The van der Waals surface area contributed by atoms with Crippen LogP contribution in [0.2, 0.25) is 0 Å². The fourth-order valence-corrected chi connectivity index (χ4v) is 4.36. The van der Waals surface area contributed by atoms with Crippen LogP contribution in [0.3, 0.4) is 0 Å². The average Bonchev–Trinajstić information content (AvgIpc) is 2.98. The van der Waals surface area contributed by atoms with Crippen molar-refractivity contribution >= 4 is 28.7 Å². The molecule has 4 rings (SSSR count). The number of nitrogens with zero attached hydrogens (tertiary/aromatic N) is 2. The van der Waals surface area contributed by atoms with Gasteiger partial charge in [0, 0.05) is 11.4 Å². The summed E-state index contributed by atoms with van der Waals surface area (Å²) in [4.78, 5) is 7.63. The molecule has 0 saturated carbocycles. The molecule has 1 fully saturated rings. The molecule has 1 unspecified atom stereocenters.